The second-order valence-corrected chi connectivity index (χ2v) is 6.60. The minimum absolute atomic E-state index is 0.00643. The summed E-state index contributed by atoms with van der Waals surface area (Å²) in [6.07, 6.45) is 0.427. The van der Waals surface area contributed by atoms with Gasteiger partial charge in [0.2, 0.25) is 11.7 Å². The zero-order valence-corrected chi connectivity index (χ0v) is 13.8. The van der Waals surface area contributed by atoms with Crippen LogP contribution in [0.15, 0.2) is 48.5 Å². The Balaban J connectivity index is 1.56. The van der Waals surface area contributed by atoms with Crippen molar-refractivity contribution >= 4 is 28.7 Å². The molecule has 2 amide bonds. The summed E-state index contributed by atoms with van der Waals surface area (Å²) >= 11 is 0.975. The van der Waals surface area contributed by atoms with Crippen molar-refractivity contribution in [1.82, 2.24) is 5.32 Å². The topological polar surface area (TPSA) is 72.5 Å². The Labute approximate surface area is 147 Å². The molecular weight excluding hydrogens is 345 g/mol. The first-order valence-corrected chi connectivity index (χ1v) is 8.42. The smallest absolute Gasteiger partial charge is 0.286 e. The Kier molecular flexibility index (Phi) is 5.14. The van der Waals surface area contributed by atoms with Crippen molar-refractivity contribution in [2.24, 2.45) is 0 Å². The summed E-state index contributed by atoms with van der Waals surface area (Å²) in [5.74, 6) is -0.841. The maximum atomic E-state index is 13.5. The summed E-state index contributed by atoms with van der Waals surface area (Å²) in [5, 5.41) is 1.48. The second-order valence-electron chi connectivity index (χ2n) is 5.42. The third-order valence-electron chi connectivity index (χ3n) is 3.66. The highest BCUT2D eigenvalue weighted by Gasteiger charge is 2.31. The molecule has 1 N–H and O–H groups in total. The number of halogens is 1. The standard InChI is InChI=1S/C18H14FNO4S/c19-14-4-2-1-3-13(14)15(21)10-24-12-7-5-11(6-8-12)9-16-17(22)20-18(23)25-16/h1-8,16H,9-10H2,(H,20,22,23)/t16-/m0/s1. The molecule has 2 aromatic carbocycles. The van der Waals surface area contributed by atoms with Gasteiger partial charge in [0.15, 0.2) is 6.61 Å². The molecule has 2 aromatic rings. The molecule has 5 nitrogen and oxygen atoms in total. The molecule has 1 heterocycles. The average molecular weight is 359 g/mol. The molecule has 0 saturated carbocycles. The van der Waals surface area contributed by atoms with E-state index in [0.717, 1.165) is 17.3 Å². The van der Waals surface area contributed by atoms with E-state index >= 15 is 0 Å². The van der Waals surface area contributed by atoms with Gasteiger partial charge in [0.25, 0.3) is 5.24 Å². The van der Waals surface area contributed by atoms with Crippen molar-refractivity contribution in [2.75, 3.05) is 6.61 Å². The fourth-order valence-corrected chi connectivity index (χ4v) is 3.24. The molecule has 3 rings (SSSR count). The lowest BCUT2D eigenvalue weighted by molar-refractivity contribution is -0.118. The molecule has 1 atom stereocenters. The van der Waals surface area contributed by atoms with Crippen molar-refractivity contribution in [3.8, 4) is 5.75 Å². The monoisotopic (exact) mass is 359 g/mol. The largest absolute Gasteiger partial charge is 0.485 e. The van der Waals surface area contributed by atoms with E-state index in [-0.39, 0.29) is 23.3 Å². The SMILES string of the molecule is O=C1NC(=O)[C@H](Cc2ccc(OCC(=O)c3ccccc3F)cc2)S1. The van der Waals surface area contributed by atoms with Crippen molar-refractivity contribution in [3.05, 3.63) is 65.5 Å². The molecule has 0 bridgehead atoms. The molecule has 1 aliphatic heterocycles. The number of nitrogens with one attached hydrogen (secondary N) is 1. The first kappa shape index (κ1) is 17.2. The van der Waals surface area contributed by atoms with Crippen LogP contribution in [0.2, 0.25) is 0 Å². The van der Waals surface area contributed by atoms with Crippen LogP contribution in [0.4, 0.5) is 9.18 Å². The number of thioether (sulfide) groups is 1. The van der Waals surface area contributed by atoms with Gasteiger partial charge in [-0.2, -0.15) is 0 Å². The minimum atomic E-state index is -0.576. The van der Waals surface area contributed by atoms with Crippen LogP contribution in [0, 0.1) is 5.82 Å². The van der Waals surface area contributed by atoms with Gasteiger partial charge in [0.05, 0.1) is 10.8 Å². The van der Waals surface area contributed by atoms with Gasteiger partial charge in [-0.15, -0.1) is 0 Å². The highest BCUT2D eigenvalue weighted by Crippen LogP contribution is 2.24. The van der Waals surface area contributed by atoms with E-state index in [2.05, 4.69) is 5.32 Å². The molecule has 0 aliphatic carbocycles. The third kappa shape index (κ3) is 4.24. The van der Waals surface area contributed by atoms with E-state index in [1.54, 1.807) is 30.3 Å². The zero-order chi connectivity index (χ0) is 17.8. The fraction of sp³-hybridized carbons (Fsp3) is 0.167. The van der Waals surface area contributed by atoms with Gasteiger partial charge >= 0.3 is 0 Å². The first-order chi connectivity index (χ1) is 12.0. The summed E-state index contributed by atoms with van der Waals surface area (Å²) < 4.78 is 18.9. The Bertz CT molecular complexity index is 822. The van der Waals surface area contributed by atoms with Gasteiger partial charge in [-0.3, -0.25) is 19.7 Å². The predicted octanol–water partition coefficient (Wildman–Crippen LogP) is 2.98. The van der Waals surface area contributed by atoms with Crippen LogP contribution < -0.4 is 10.1 Å². The number of carbonyl (C=O) groups excluding carboxylic acids is 3. The van der Waals surface area contributed by atoms with Gasteiger partial charge in [-0.1, -0.05) is 36.0 Å². The maximum Gasteiger partial charge on any atom is 0.286 e. The quantitative estimate of drug-likeness (QED) is 0.803. The number of Topliss-reactive ketones (excluding diaryl/α,β-unsaturated/α-hetero) is 1. The van der Waals surface area contributed by atoms with Crippen LogP contribution in [-0.2, 0) is 11.2 Å². The van der Waals surface area contributed by atoms with E-state index in [1.165, 1.54) is 18.2 Å². The summed E-state index contributed by atoms with van der Waals surface area (Å²) in [6, 6.07) is 12.6. The fourth-order valence-electron chi connectivity index (χ4n) is 2.38. The van der Waals surface area contributed by atoms with Gasteiger partial charge < -0.3 is 4.74 Å². The molecule has 7 heteroatoms. The molecule has 0 radical (unpaired) electrons. The van der Waals surface area contributed by atoms with Gasteiger partial charge in [-0.25, -0.2) is 4.39 Å². The lowest BCUT2D eigenvalue weighted by Gasteiger charge is -2.08. The van der Waals surface area contributed by atoms with Crippen LogP contribution in [0.25, 0.3) is 0 Å². The van der Waals surface area contributed by atoms with Crippen molar-refractivity contribution < 1.29 is 23.5 Å². The van der Waals surface area contributed by atoms with E-state index in [0.29, 0.717) is 12.2 Å². The molecule has 1 aliphatic rings. The van der Waals surface area contributed by atoms with E-state index < -0.39 is 16.9 Å². The first-order valence-electron chi connectivity index (χ1n) is 7.54. The van der Waals surface area contributed by atoms with Crippen LogP contribution in [0.3, 0.4) is 0 Å². The minimum Gasteiger partial charge on any atom is -0.485 e. The maximum absolute atomic E-state index is 13.5. The molecule has 0 unspecified atom stereocenters. The van der Waals surface area contributed by atoms with Crippen LogP contribution in [0.5, 0.6) is 5.75 Å². The molecular formula is C18H14FNO4S. The molecule has 1 fully saturated rings. The Hall–Kier alpha value is -2.67. The van der Waals surface area contributed by atoms with E-state index in [1.807, 2.05) is 0 Å². The molecule has 0 aromatic heterocycles. The number of hydrogen-bond donors (Lipinski definition) is 1. The number of imide groups is 1. The van der Waals surface area contributed by atoms with E-state index in [4.69, 9.17) is 4.74 Å². The lowest BCUT2D eigenvalue weighted by atomic mass is 10.1. The van der Waals surface area contributed by atoms with E-state index in [9.17, 15) is 18.8 Å². The van der Waals surface area contributed by atoms with Crippen molar-refractivity contribution in [2.45, 2.75) is 11.7 Å². The number of carbonyl (C=O) groups is 3. The molecule has 25 heavy (non-hydrogen) atoms. The molecule has 0 spiro atoms. The van der Waals surface area contributed by atoms with Gasteiger partial charge in [0, 0.05) is 0 Å². The Morgan fingerprint density at radius 2 is 1.84 bits per heavy atom. The Morgan fingerprint density at radius 3 is 2.48 bits per heavy atom. The number of hydrogen-bond acceptors (Lipinski definition) is 5. The van der Waals surface area contributed by atoms with Crippen molar-refractivity contribution in [3.63, 3.8) is 0 Å². The van der Waals surface area contributed by atoms with Crippen LogP contribution in [-0.4, -0.2) is 28.8 Å². The summed E-state index contributed by atoms with van der Waals surface area (Å²) in [6.45, 7) is -0.268. The molecule has 128 valence electrons. The average Bonchev–Trinajstić information content (AvgIpc) is 2.91. The molecule has 1 saturated heterocycles. The number of rotatable bonds is 6. The zero-order valence-electron chi connectivity index (χ0n) is 13.0. The Morgan fingerprint density at radius 1 is 1.12 bits per heavy atom. The van der Waals surface area contributed by atoms with Gasteiger partial charge in [-0.05, 0) is 36.2 Å². The second kappa shape index (κ2) is 7.48. The summed E-state index contributed by atoms with van der Waals surface area (Å²) in [7, 11) is 0. The van der Waals surface area contributed by atoms with Gasteiger partial charge in [0.1, 0.15) is 11.6 Å². The lowest BCUT2D eigenvalue weighted by Crippen LogP contribution is -2.25. The predicted molar refractivity (Wildman–Crippen MR) is 91.3 cm³/mol. The number of ether oxygens (including phenoxy) is 1. The van der Waals surface area contributed by atoms with Crippen molar-refractivity contribution in [1.29, 1.82) is 0 Å². The highest BCUT2D eigenvalue weighted by atomic mass is 32.2. The number of amides is 2. The van der Waals surface area contributed by atoms with Crippen LogP contribution in [0.1, 0.15) is 15.9 Å². The van der Waals surface area contributed by atoms with Crippen LogP contribution >= 0.6 is 11.8 Å². The number of benzene rings is 2. The third-order valence-corrected chi connectivity index (χ3v) is 4.64. The summed E-state index contributed by atoms with van der Waals surface area (Å²) in [4.78, 5) is 34.7. The highest BCUT2D eigenvalue weighted by molar-refractivity contribution is 8.15. The number of ketones is 1. The summed E-state index contributed by atoms with van der Waals surface area (Å²) in [5.41, 5.74) is 0.864. The normalized spacial score (nSPS) is 16.6.